The standard InChI is InChI=1S/C6H3F4NO/c7-2-1-3(12)11-6(10)4(2)5(8)9/h1,5H,(H,11,12). The Bertz CT molecular complexity index is 320. The lowest BCUT2D eigenvalue weighted by Gasteiger charge is -2.00. The topological polar surface area (TPSA) is 32.9 Å². The van der Waals surface area contributed by atoms with E-state index in [1.54, 1.807) is 0 Å². The predicted octanol–water partition coefficient (Wildman–Crippen LogP) is 1.59. The third kappa shape index (κ3) is 1.46. The molecule has 0 aliphatic heterocycles. The first kappa shape index (κ1) is 8.76. The van der Waals surface area contributed by atoms with Gasteiger partial charge in [0.15, 0.2) is 0 Å². The SMILES string of the molecule is O=c1cc(F)c(C(F)F)c(F)[nH]1. The molecule has 0 saturated heterocycles. The lowest BCUT2D eigenvalue weighted by atomic mass is 10.3. The highest BCUT2D eigenvalue weighted by Crippen LogP contribution is 2.22. The van der Waals surface area contributed by atoms with Crippen LogP contribution in [0.1, 0.15) is 12.0 Å². The van der Waals surface area contributed by atoms with E-state index in [1.807, 2.05) is 0 Å². The predicted molar refractivity (Wildman–Crippen MR) is 31.9 cm³/mol. The first-order valence-electron chi connectivity index (χ1n) is 2.88. The zero-order valence-corrected chi connectivity index (χ0v) is 5.57. The van der Waals surface area contributed by atoms with E-state index in [0.29, 0.717) is 0 Å². The first-order valence-corrected chi connectivity index (χ1v) is 2.88. The molecule has 1 aromatic rings. The van der Waals surface area contributed by atoms with E-state index in [9.17, 15) is 22.4 Å². The lowest BCUT2D eigenvalue weighted by molar-refractivity contribution is 0.139. The van der Waals surface area contributed by atoms with E-state index in [2.05, 4.69) is 0 Å². The normalized spacial score (nSPS) is 10.8. The quantitative estimate of drug-likeness (QED) is 0.517. The van der Waals surface area contributed by atoms with Gasteiger partial charge in [0.1, 0.15) is 11.4 Å². The van der Waals surface area contributed by atoms with Gasteiger partial charge in [-0.15, -0.1) is 0 Å². The van der Waals surface area contributed by atoms with Crippen molar-refractivity contribution in [2.45, 2.75) is 6.43 Å². The van der Waals surface area contributed by atoms with Crippen molar-refractivity contribution >= 4 is 0 Å². The van der Waals surface area contributed by atoms with Crippen LogP contribution in [0.5, 0.6) is 0 Å². The van der Waals surface area contributed by atoms with Crippen LogP contribution in [-0.2, 0) is 0 Å². The molecule has 0 bridgehead atoms. The Labute approximate surface area is 63.8 Å². The number of pyridine rings is 1. The van der Waals surface area contributed by atoms with Gasteiger partial charge in [0.05, 0.1) is 0 Å². The van der Waals surface area contributed by atoms with Crippen LogP contribution in [-0.4, -0.2) is 4.98 Å². The van der Waals surface area contributed by atoms with Crippen LogP contribution in [0, 0.1) is 11.8 Å². The maximum Gasteiger partial charge on any atom is 0.271 e. The van der Waals surface area contributed by atoms with Crippen LogP contribution in [0.15, 0.2) is 10.9 Å². The van der Waals surface area contributed by atoms with Crippen LogP contribution in [0.2, 0.25) is 0 Å². The molecule has 6 heteroatoms. The minimum atomic E-state index is -3.28. The maximum absolute atomic E-state index is 12.4. The Hall–Kier alpha value is -1.33. The van der Waals surface area contributed by atoms with Crippen molar-refractivity contribution in [3.05, 3.63) is 33.7 Å². The van der Waals surface area contributed by atoms with Crippen molar-refractivity contribution in [3.8, 4) is 0 Å². The zero-order valence-electron chi connectivity index (χ0n) is 5.57. The minimum absolute atomic E-state index is 0.268. The molecule has 1 N–H and O–H groups in total. The summed E-state index contributed by atoms with van der Waals surface area (Å²) in [7, 11) is 0. The molecule has 0 aromatic carbocycles. The van der Waals surface area contributed by atoms with Gasteiger partial charge in [-0.1, -0.05) is 0 Å². The Morgan fingerprint density at radius 1 is 1.33 bits per heavy atom. The second kappa shape index (κ2) is 2.96. The largest absolute Gasteiger partial charge is 0.298 e. The summed E-state index contributed by atoms with van der Waals surface area (Å²) in [6, 6.07) is 0.268. The van der Waals surface area contributed by atoms with E-state index in [-0.39, 0.29) is 6.07 Å². The van der Waals surface area contributed by atoms with Gasteiger partial charge in [-0.3, -0.25) is 9.78 Å². The molecule has 0 aliphatic rings. The Kier molecular flexibility index (Phi) is 2.16. The van der Waals surface area contributed by atoms with Gasteiger partial charge in [-0.25, -0.2) is 13.2 Å². The number of hydrogen-bond donors (Lipinski definition) is 1. The van der Waals surface area contributed by atoms with Gasteiger partial charge in [-0.05, 0) is 0 Å². The molecule has 0 amide bonds. The molecule has 0 fully saturated rings. The number of aromatic nitrogens is 1. The van der Waals surface area contributed by atoms with Gasteiger partial charge in [-0.2, -0.15) is 4.39 Å². The molecule has 66 valence electrons. The Morgan fingerprint density at radius 3 is 2.33 bits per heavy atom. The molecular weight excluding hydrogens is 178 g/mol. The van der Waals surface area contributed by atoms with Crippen molar-refractivity contribution in [2.75, 3.05) is 0 Å². The van der Waals surface area contributed by atoms with Gasteiger partial charge in [0.2, 0.25) is 5.95 Å². The summed E-state index contributed by atoms with van der Waals surface area (Å²) in [4.78, 5) is 11.7. The van der Waals surface area contributed by atoms with Crippen molar-refractivity contribution in [1.29, 1.82) is 0 Å². The molecule has 12 heavy (non-hydrogen) atoms. The fourth-order valence-corrected chi connectivity index (χ4v) is 0.709. The van der Waals surface area contributed by atoms with E-state index in [0.717, 1.165) is 0 Å². The Morgan fingerprint density at radius 2 is 1.92 bits per heavy atom. The summed E-state index contributed by atoms with van der Waals surface area (Å²) in [6.45, 7) is 0. The summed E-state index contributed by atoms with van der Waals surface area (Å²) in [5, 5.41) is 0. The fourth-order valence-electron chi connectivity index (χ4n) is 0.709. The monoisotopic (exact) mass is 181 g/mol. The molecule has 0 radical (unpaired) electrons. The minimum Gasteiger partial charge on any atom is -0.298 e. The number of H-pyrrole nitrogens is 1. The molecule has 1 rings (SSSR count). The number of rotatable bonds is 1. The first-order chi connectivity index (χ1) is 5.52. The molecule has 0 saturated carbocycles. The fraction of sp³-hybridized carbons (Fsp3) is 0.167. The summed E-state index contributed by atoms with van der Waals surface area (Å²) in [5.41, 5.74) is -2.50. The summed E-state index contributed by atoms with van der Waals surface area (Å²) in [5.74, 6) is -3.17. The van der Waals surface area contributed by atoms with Crippen molar-refractivity contribution < 1.29 is 17.6 Å². The molecule has 1 heterocycles. The number of halogens is 4. The third-order valence-electron chi connectivity index (χ3n) is 1.20. The number of aromatic amines is 1. The highest BCUT2D eigenvalue weighted by atomic mass is 19.3. The zero-order chi connectivity index (χ0) is 9.30. The second-order valence-corrected chi connectivity index (χ2v) is 2.01. The highest BCUT2D eigenvalue weighted by molar-refractivity contribution is 5.14. The van der Waals surface area contributed by atoms with Crippen molar-refractivity contribution in [2.24, 2.45) is 0 Å². The highest BCUT2D eigenvalue weighted by Gasteiger charge is 2.19. The lowest BCUT2D eigenvalue weighted by Crippen LogP contribution is -2.12. The maximum atomic E-state index is 12.4. The molecule has 1 aromatic heterocycles. The smallest absolute Gasteiger partial charge is 0.271 e. The molecule has 2 nitrogen and oxygen atoms in total. The molecule has 0 atom stereocenters. The van der Waals surface area contributed by atoms with E-state index in [1.165, 1.54) is 4.98 Å². The van der Waals surface area contributed by atoms with Crippen LogP contribution in [0.25, 0.3) is 0 Å². The average Bonchev–Trinajstić information content (AvgIpc) is 1.82. The number of nitrogens with one attached hydrogen (secondary N) is 1. The molecular formula is C6H3F4NO. The van der Waals surface area contributed by atoms with E-state index >= 15 is 0 Å². The van der Waals surface area contributed by atoms with E-state index in [4.69, 9.17) is 0 Å². The van der Waals surface area contributed by atoms with Gasteiger partial charge >= 0.3 is 0 Å². The van der Waals surface area contributed by atoms with Crippen molar-refractivity contribution in [1.82, 2.24) is 4.98 Å². The summed E-state index contributed by atoms with van der Waals surface area (Å²) < 4.78 is 48.4. The van der Waals surface area contributed by atoms with Gasteiger partial charge in [0, 0.05) is 6.07 Å². The molecule has 0 spiro atoms. The molecule has 0 unspecified atom stereocenters. The number of alkyl halides is 2. The van der Waals surface area contributed by atoms with Gasteiger partial charge < -0.3 is 0 Å². The van der Waals surface area contributed by atoms with Crippen LogP contribution in [0.4, 0.5) is 17.6 Å². The third-order valence-corrected chi connectivity index (χ3v) is 1.20. The second-order valence-electron chi connectivity index (χ2n) is 2.01. The average molecular weight is 181 g/mol. The Balaban J connectivity index is 3.38. The van der Waals surface area contributed by atoms with Crippen LogP contribution < -0.4 is 5.56 Å². The van der Waals surface area contributed by atoms with Crippen LogP contribution in [0.3, 0.4) is 0 Å². The molecule has 0 aliphatic carbocycles. The summed E-state index contributed by atoms with van der Waals surface area (Å²) in [6.07, 6.45) is -3.28. The van der Waals surface area contributed by atoms with Crippen LogP contribution >= 0.6 is 0 Å². The number of hydrogen-bond acceptors (Lipinski definition) is 1. The van der Waals surface area contributed by atoms with Crippen molar-refractivity contribution in [3.63, 3.8) is 0 Å². The van der Waals surface area contributed by atoms with Gasteiger partial charge in [0.25, 0.3) is 12.0 Å². The summed E-state index contributed by atoms with van der Waals surface area (Å²) >= 11 is 0. The van der Waals surface area contributed by atoms with E-state index < -0.39 is 29.3 Å².